The van der Waals surface area contributed by atoms with Crippen molar-refractivity contribution in [3.05, 3.63) is 35.4 Å². The molecule has 3 nitrogen and oxygen atoms in total. The van der Waals surface area contributed by atoms with Crippen molar-refractivity contribution < 1.29 is 13.6 Å². The van der Waals surface area contributed by atoms with Crippen molar-refractivity contribution in [2.45, 2.75) is 13.0 Å². The van der Waals surface area contributed by atoms with Gasteiger partial charge >= 0.3 is 0 Å². The molecule has 1 heterocycles. The molecule has 18 heavy (non-hydrogen) atoms. The molecule has 0 spiro atoms. The summed E-state index contributed by atoms with van der Waals surface area (Å²) in [6.45, 7) is 1.59. The highest BCUT2D eigenvalue weighted by molar-refractivity contribution is 5.79. The fraction of sp³-hybridized carbons (Fsp3) is 0.462. The largest absolute Gasteiger partial charge is 0.341 e. The molecule has 1 N–H and O–H groups in total. The maximum Gasteiger partial charge on any atom is 0.227 e. The lowest BCUT2D eigenvalue weighted by Gasteiger charge is -2.21. The molecule has 98 valence electrons. The maximum atomic E-state index is 13.5. The number of carbonyl (C=O) groups excluding carboxylic acids is 1. The zero-order valence-corrected chi connectivity index (χ0v) is 10.2. The smallest absolute Gasteiger partial charge is 0.227 e. The van der Waals surface area contributed by atoms with Crippen LogP contribution in [0.15, 0.2) is 18.2 Å². The van der Waals surface area contributed by atoms with Crippen molar-refractivity contribution in [2.24, 2.45) is 5.92 Å². The molecular weight excluding hydrogens is 238 g/mol. The number of halogens is 2. The first-order chi connectivity index (χ1) is 8.58. The molecule has 1 unspecified atom stereocenters. The molecule has 0 bridgehead atoms. The molecular formula is C13H16F2N2O. The first-order valence-electron chi connectivity index (χ1n) is 5.97. The Morgan fingerprint density at radius 2 is 2.28 bits per heavy atom. The van der Waals surface area contributed by atoms with Gasteiger partial charge in [-0.25, -0.2) is 8.78 Å². The topological polar surface area (TPSA) is 32.3 Å². The van der Waals surface area contributed by atoms with Crippen LogP contribution in [-0.2, 0) is 11.3 Å². The number of hydrogen-bond donors (Lipinski definition) is 1. The molecule has 1 aliphatic heterocycles. The lowest BCUT2D eigenvalue weighted by atomic mass is 10.1. The summed E-state index contributed by atoms with van der Waals surface area (Å²) in [5.74, 6) is -1.05. The molecule has 5 heteroatoms. The van der Waals surface area contributed by atoms with Crippen LogP contribution >= 0.6 is 0 Å². The molecule has 0 radical (unpaired) electrons. The van der Waals surface area contributed by atoms with Crippen LogP contribution in [0, 0.1) is 17.6 Å². The van der Waals surface area contributed by atoms with E-state index in [4.69, 9.17) is 0 Å². The quantitative estimate of drug-likeness (QED) is 0.887. The van der Waals surface area contributed by atoms with Gasteiger partial charge in [0.25, 0.3) is 0 Å². The summed E-state index contributed by atoms with van der Waals surface area (Å²) in [5.41, 5.74) is 0.205. The van der Waals surface area contributed by atoms with Crippen LogP contribution in [-0.4, -0.2) is 30.9 Å². The predicted molar refractivity (Wildman–Crippen MR) is 63.8 cm³/mol. The highest BCUT2D eigenvalue weighted by atomic mass is 19.1. The summed E-state index contributed by atoms with van der Waals surface area (Å²) < 4.78 is 26.5. The van der Waals surface area contributed by atoms with Crippen LogP contribution in [0.5, 0.6) is 0 Å². The minimum Gasteiger partial charge on any atom is -0.341 e. The molecule has 1 aliphatic rings. The highest BCUT2D eigenvalue weighted by Gasteiger charge is 2.25. The standard InChI is InChI=1S/C13H16F2N2O/c1-17(13(18)9-4-5-16-7-9)8-10-6-11(14)2-3-12(10)15/h2-3,6,9,16H,4-5,7-8H2,1H3. The third kappa shape index (κ3) is 2.85. The number of hydrogen-bond acceptors (Lipinski definition) is 2. The number of nitrogens with one attached hydrogen (secondary N) is 1. The Morgan fingerprint density at radius 1 is 1.50 bits per heavy atom. The highest BCUT2D eigenvalue weighted by Crippen LogP contribution is 2.15. The van der Waals surface area contributed by atoms with Gasteiger partial charge in [0.15, 0.2) is 0 Å². The molecule has 1 amide bonds. The second-order valence-corrected chi connectivity index (χ2v) is 4.62. The van der Waals surface area contributed by atoms with Crippen molar-refractivity contribution >= 4 is 5.91 Å². The van der Waals surface area contributed by atoms with E-state index in [9.17, 15) is 13.6 Å². The van der Waals surface area contributed by atoms with E-state index < -0.39 is 11.6 Å². The van der Waals surface area contributed by atoms with Crippen molar-refractivity contribution in [1.82, 2.24) is 10.2 Å². The molecule has 0 aliphatic carbocycles. The van der Waals surface area contributed by atoms with E-state index in [1.807, 2.05) is 0 Å². The van der Waals surface area contributed by atoms with Crippen LogP contribution in [0.4, 0.5) is 8.78 Å². The molecule has 0 aromatic heterocycles. The minimum absolute atomic E-state index is 0.0244. The van der Waals surface area contributed by atoms with Gasteiger partial charge in [0.1, 0.15) is 11.6 Å². The van der Waals surface area contributed by atoms with Gasteiger partial charge in [0.05, 0.1) is 5.92 Å². The van der Waals surface area contributed by atoms with E-state index in [-0.39, 0.29) is 23.9 Å². The van der Waals surface area contributed by atoms with E-state index >= 15 is 0 Å². The third-order valence-electron chi connectivity index (χ3n) is 3.20. The average Bonchev–Trinajstić information content (AvgIpc) is 2.86. The zero-order chi connectivity index (χ0) is 13.1. The number of rotatable bonds is 3. The normalized spacial score (nSPS) is 18.9. The fourth-order valence-corrected chi connectivity index (χ4v) is 2.18. The monoisotopic (exact) mass is 254 g/mol. The predicted octanol–water partition coefficient (Wildman–Crippen LogP) is 1.53. The number of amides is 1. The average molecular weight is 254 g/mol. The van der Waals surface area contributed by atoms with E-state index in [0.29, 0.717) is 6.54 Å². The molecule has 1 aromatic carbocycles. The Balaban J connectivity index is 2.03. The Morgan fingerprint density at radius 3 is 2.94 bits per heavy atom. The van der Waals surface area contributed by atoms with Crippen molar-refractivity contribution in [2.75, 3.05) is 20.1 Å². The van der Waals surface area contributed by atoms with Gasteiger partial charge in [-0.3, -0.25) is 4.79 Å². The van der Waals surface area contributed by atoms with Crippen LogP contribution in [0.25, 0.3) is 0 Å². The number of benzene rings is 1. The van der Waals surface area contributed by atoms with Crippen LogP contribution in [0.3, 0.4) is 0 Å². The zero-order valence-electron chi connectivity index (χ0n) is 10.2. The summed E-state index contributed by atoms with van der Waals surface area (Å²) in [4.78, 5) is 13.5. The Kier molecular flexibility index (Phi) is 3.91. The first kappa shape index (κ1) is 13.0. The Bertz CT molecular complexity index is 445. The molecule has 0 saturated carbocycles. The fourth-order valence-electron chi connectivity index (χ4n) is 2.18. The first-order valence-corrected chi connectivity index (χ1v) is 5.97. The Hall–Kier alpha value is -1.49. The molecule has 2 rings (SSSR count). The second-order valence-electron chi connectivity index (χ2n) is 4.62. The minimum atomic E-state index is -0.491. The molecule has 1 atom stereocenters. The van der Waals surface area contributed by atoms with Crippen LogP contribution < -0.4 is 5.32 Å². The van der Waals surface area contributed by atoms with Gasteiger partial charge < -0.3 is 10.2 Å². The lowest BCUT2D eigenvalue weighted by Crippen LogP contribution is -2.33. The summed E-state index contributed by atoms with van der Waals surface area (Å²) in [5, 5.41) is 3.11. The van der Waals surface area contributed by atoms with E-state index in [0.717, 1.165) is 31.2 Å². The number of carbonyl (C=O) groups is 1. The molecule has 1 aromatic rings. The van der Waals surface area contributed by atoms with E-state index in [1.54, 1.807) is 7.05 Å². The van der Waals surface area contributed by atoms with Gasteiger partial charge in [0.2, 0.25) is 5.91 Å². The molecule has 1 saturated heterocycles. The van der Waals surface area contributed by atoms with Gasteiger partial charge in [-0.1, -0.05) is 0 Å². The van der Waals surface area contributed by atoms with E-state index in [1.165, 1.54) is 4.90 Å². The SMILES string of the molecule is CN(Cc1cc(F)ccc1F)C(=O)C1CCNC1. The van der Waals surface area contributed by atoms with Crippen molar-refractivity contribution in [3.63, 3.8) is 0 Å². The third-order valence-corrected chi connectivity index (χ3v) is 3.20. The summed E-state index contributed by atoms with van der Waals surface area (Å²) in [6, 6.07) is 3.29. The maximum absolute atomic E-state index is 13.5. The van der Waals surface area contributed by atoms with Crippen molar-refractivity contribution in [3.8, 4) is 0 Å². The van der Waals surface area contributed by atoms with Crippen LogP contribution in [0.2, 0.25) is 0 Å². The van der Waals surface area contributed by atoms with Gasteiger partial charge in [0, 0.05) is 25.7 Å². The van der Waals surface area contributed by atoms with Gasteiger partial charge in [-0.2, -0.15) is 0 Å². The Labute approximate surface area is 105 Å². The van der Waals surface area contributed by atoms with E-state index in [2.05, 4.69) is 5.32 Å². The summed E-state index contributed by atoms with van der Waals surface area (Å²) in [7, 11) is 1.62. The van der Waals surface area contributed by atoms with Crippen LogP contribution in [0.1, 0.15) is 12.0 Å². The lowest BCUT2D eigenvalue weighted by molar-refractivity contribution is -0.134. The number of nitrogens with zero attached hydrogens (tertiary/aromatic N) is 1. The molecule has 1 fully saturated rings. The van der Waals surface area contributed by atoms with Gasteiger partial charge in [-0.15, -0.1) is 0 Å². The summed E-state index contributed by atoms with van der Waals surface area (Å²) in [6.07, 6.45) is 0.800. The van der Waals surface area contributed by atoms with Crippen molar-refractivity contribution in [1.29, 1.82) is 0 Å². The summed E-state index contributed by atoms with van der Waals surface area (Å²) >= 11 is 0. The van der Waals surface area contributed by atoms with Gasteiger partial charge in [-0.05, 0) is 31.2 Å². The second kappa shape index (κ2) is 5.44.